The van der Waals surface area contributed by atoms with Gasteiger partial charge in [0.2, 0.25) is 0 Å². The van der Waals surface area contributed by atoms with Crippen LogP contribution >= 0.6 is 0 Å². The lowest BCUT2D eigenvalue weighted by molar-refractivity contribution is 0.177. The molecule has 2 unspecified atom stereocenters. The summed E-state index contributed by atoms with van der Waals surface area (Å²) in [4.78, 5) is 2.61. The van der Waals surface area contributed by atoms with E-state index in [0.29, 0.717) is 5.92 Å². The summed E-state index contributed by atoms with van der Waals surface area (Å²) in [5.74, 6) is 3.59. The quantitative estimate of drug-likeness (QED) is 0.789. The Kier molecular flexibility index (Phi) is 4.27. The maximum absolute atomic E-state index is 5.69. The Labute approximate surface area is 105 Å². The fourth-order valence-corrected chi connectivity index (χ4v) is 2.73. The van der Waals surface area contributed by atoms with Crippen LogP contribution in [0.2, 0.25) is 0 Å². The number of furan rings is 1. The predicted octanol–water partition coefficient (Wildman–Crippen LogP) is 3.81. The molecule has 96 valence electrons. The number of likely N-dealkylation sites (tertiary alicyclic amines) is 1. The highest BCUT2D eigenvalue weighted by molar-refractivity contribution is 5.09. The first-order valence-corrected chi connectivity index (χ1v) is 6.94. The van der Waals surface area contributed by atoms with Gasteiger partial charge in [-0.1, -0.05) is 13.8 Å². The van der Waals surface area contributed by atoms with Crippen LogP contribution in [-0.2, 0) is 0 Å². The fraction of sp³-hybridized carbons (Fsp3) is 0.733. The van der Waals surface area contributed by atoms with Crippen molar-refractivity contribution in [3.05, 3.63) is 23.7 Å². The molecule has 2 nitrogen and oxygen atoms in total. The van der Waals surface area contributed by atoms with Gasteiger partial charge in [0.05, 0.1) is 0 Å². The third kappa shape index (κ3) is 3.60. The zero-order valence-electron chi connectivity index (χ0n) is 11.4. The zero-order chi connectivity index (χ0) is 12.3. The molecule has 0 saturated carbocycles. The minimum Gasteiger partial charge on any atom is -0.466 e. The molecule has 1 aromatic rings. The van der Waals surface area contributed by atoms with Gasteiger partial charge in [0, 0.05) is 12.5 Å². The van der Waals surface area contributed by atoms with E-state index in [4.69, 9.17) is 4.42 Å². The van der Waals surface area contributed by atoms with E-state index in [1.165, 1.54) is 38.9 Å². The van der Waals surface area contributed by atoms with Crippen molar-refractivity contribution in [1.82, 2.24) is 4.90 Å². The van der Waals surface area contributed by atoms with E-state index in [9.17, 15) is 0 Å². The molecule has 0 aromatic carbocycles. The Morgan fingerprint density at radius 2 is 2.29 bits per heavy atom. The number of hydrogen-bond acceptors (Lipinski definition) is 2. The second-order valence-corrected chi connectivity index (χ2v) is 5.69. The summed E-state index contributed by atoms with van der Waals surface area (Å²) in [6.07, 6.45) is 3.98. The van der Waals surface area contributed by atoms with Crippen molar-refractivity contribution in [2.24, 2.45) is 5.92 Å². The Morgan fingerprint density at radius 3 is 2.94 bits per heavy atom. The third-order valence-electron chi connectivity index (χ3n) is 3.87. The van der Waals surface area contributed by atoms with Gasteiger partial charge in [-0.15, -0.1) is 0 Å². The van der Waals surface area contributed by atoms with Gasteiger partial charge in [0.15, 0.2) is 0 Å². The molecule has 1 saturated heterocycles. The molecule has 0 amide bonds. The molecule has 17 heavy (non-hydrogen) atoms. The Morgan fingerprint density at radius 1 is 1.47 bits per heavy atom. The molecular weight excluding hydrogens is 210 g/mol. The minimum atomic E-state index is 0.543. The van der Waals surface area contributed by atoms with E-state index in [0.717, 1.165) is 17.4 Å². The van der Waals surface area contributed by atoms with Gasteiger partial charge in [-0.2, -0.15) is 0 Å². The summed E-state index contributed by atoms with van der Waals surface area (Å²) in [7, 11) is 0. The van der Waals surface area contributed by atoms with Crippen molar-refractivity contribution < 1.29 is 4.42 Å². The molecule has 0 bridgehead atoms. The smallest absolute Gasteiger partial charge is 0.107 e. The Hall–Kier alpha value is -0.760. The summed E-state index contributed by atoms with van der Waals surface area (Å²) in [5.41, 5.74) is 0. The van der Waals surface area contributed by atoms with E-state index < -0.39 is 0 Å². The van der Waals surface area contributed by atoms with Gasteiger partial charge >= 0.3 is 0 Å². The van der Waals surface area contributed by atoms with Crippen molar-refractivity contribution >= 4 is 0 Å². The summed E-state index contributed by atoms with van der Waals surface area (Å²) < 4.78 is 5.69. The maximum atomic E-state index is 5.69. The average molecular weight is 235 g/mol. The zero-order valence-corrected chi connectivity index (χ0v) is 11.4. The molecule has 1 aromatic heterocycles. The van der Waals surface area contributed by atoms with Gasteiger partial charge in [0.1, 0.15) is 11.5 Å². The standard InChI is InChI=1S/C15H25NO/c1-12-5-4-9-16(11-12)10-8-13(2)15-7-6-14(3)17-15/h6-7,12-13H,4-5,8-11H2,1-3H3. The van der Waals surface area contributed by atoms with E-state index in [1.807, 2.05) is 6.92 Å². The van der Waals surface area contributed by atoms with Crippen LogP contribution in [0.3, 0.4) is 0 Å². The number of rotatable bonds is 4. The molecule has 2 heteroatoms. The van der Waals surface area contributed by atoms with Crippen molar-refractivity contribution in [3.63, 3.8) is 0 Å². The van der Waals surface area contributed by atoms with Crippen LogP contribution in [0.15, 0.2) is 16.5 Å². The summed E-state index contributed by atoms with van der Waals surface area (Å²) >= 11 is 0. The van der Waals surface area contributed by atoms with Crippen LogP contribution in [0.25, 0.3) is 0 Å². The molecule has 1 aliphatic rings. The fourth-order valence-electron chi connectivity index (χ4n) is 2.73. The minimum absolute atomic E-state index is 0.543. The average Bonchev–Trinajstić information content (AvgIpc) is 2.73. The first kappa shape index (κ1) is 12.7. The molecule has 2 heterocycles. The molecule has 1 fully saturated rings. The second-order valence-electron chi connectivity index (χ2n) is 5.69. The Balaban J connectivity index is 1.77. The molecule has 0 radical (unpaired) electrons. The van der Waals surface area contributed by atoms with Crippen LogP contribution in [0.5, 0.6) is 0 Å². The highest BCUT2D eigenvalue weighted by atomic mass is 16.3. The lowest BCUT2D eigenvalue weighted by Gasteiger charge is -2.31. The molecule has 0 spiro atoms. The second kappa shape index (κ2) is 5.72. The number of hydrogen-bond donors (Lipinski definition) is 0. The molecule has 0 aliphatic carbocycles. The van der Waals surface area contributed by atoms with Crippen LogP contribution in [0.1, 0.15) is 50.5 Å². The lowest BCUT2D eigenvalue weighted by Crippen LogP contribution is -2.35. The summed E-state index contributed by atoms with van der Waals surface area (Å²) in [5, 5.41) is 0. The van der Waals surface area contributed by atoms with E-state index in [2.05, 4.69) is 30.9 Å². The highest BCUT2D eigenvalue weighted by Gasteiger charge is 2.17. The molecule has 2 rings (SSSR count). The predicted molar refractivity (Wildman–Crippen MR) is 71.3 cm³/mol. The monoisotopic (exact) mass is 235 g/mol. The van der Waals surface area contributed by atoms with Crippen LogP contribution in [0.4, 0.5) is 0 Å². The van der Waals surface area contributed by atoms with Crippen LogP contribution in [-0.4, -0.2) is 24.5 Å². The van der Waals surface area contributed by atoms with Gasteiger partial charge in [0.25, 0.3) is 0 Å². The van der Waals surface area contributed by atoms with Gasteiger partial charge < -0.3 is 9.32 Å². The lowest BCUT2D eigenvalue weighted by atomic mass is 9.99. The van der Waals surface area contributed by atoms with Crippen molar-refractivity contribution in [2.75, 3.05) is 19.6 Å². The highest BCUT2D eigenvalue weighted by Crippen LogP contribution is 2.23. The largest absolute Gasteiger partial charge is 0.466 e. The van der Waals surface area contributed by atoms with E-state index in [-0.39, 0.29) is 0 Å². The van der Waals surface area contributed by atoms with E-state index >= 15 is 0 Å². The maximum Gasteiger partial charge on any atom is 0.107 e. The van der Waals surface area contributed by atoms with Gasteiger partial charge in [-0.25, -0.2) is 0 Å². The number of piperidine rings is 1. The van der Waals surface area contributed by atoms with Gasteiger partial charge in [-0.3, -0.25) is 0 Å². The number of aryl methyl sites for hydroxylation is 1. The third-order valence-corrected chi connectivity index (χ3v) is 3.87. The van der Waals surface area contributed by atoms with Crippen molar-refractivity contribution in [2.45, 2.75) is 46.0 Å². The van der Waals surface area contributed by atoms with Crippen LogP contribution < -0.4 is 0 Å². The SMILES string of the molecule is Cc1ccc(C(C)CCN2CCCC(C)C2)o1. The molecule has 0 N–H and O–H groups in total. The molecule has 1 aliphatic heterocycles. The topological polar surface area (TPSA) is 16.4 Å². The summed E-state index contributed by atoms with van der Waals surface area (Å²) in [6, 6.07) is 4.19. The Bertz CT molecular complexity index is 344. The van der Waals surface area contributed by atoms with Crippen LogP contribution in [0, 0.1) is 12.8 Å². The first-order chi connectivity index (χ1) is 8.15. The summed E-state index contributed by atoms with van der Waals surface area (Å²) in [6.45, 7) is 10.4. The first-order valence-electron chi connectivity index (χ1n) is 6.94. The van der Waals surface area contributed by atoms with E-state index in [1.54, 1.807) is 0 Å². The molecule has 2 atom stereocenters. The van der Waals surface area contributed by atoms with Crippen molar-refractivity contribution in [3.8, 4) is 0 Å². The normalized spacial score (nSPS) is 23.8. The van der Waals surface area contributed by atoms with Crippen molar-refractivity contribution in [1.29, 1.82) is 0 Å². The number of nitrogens with zero attached hydrogens (tertiary/aromatic N) is 1. The molecular formula is C15H25NO. The van der Waals surface area contributed by atoms with Gasteiger partial charge in [-0.05, 0) is 57.3 Å².